The topological polar surface area (TPSA) is 67.2 Å². The molecule has 29 heavy (non-hydrogen) atoms. The van der Waals surface area contributed by atoms with Crippen LogP contribution in [0.25, 0.3) is 0 Å². The number of benzene rings is 1. The second kappa shape index (κ2) is 9.25. The minimum absolute atomic E-state index is 0.0210. The van der Waals surface area contributed by atoms with E-state index in [4.69, 9.17) is 0 Å². The zero-order valence-electron chi connectivity index (χ0n) is 16.9. The number of carbonyl (C=O) groups is 2. The Morgan fingerprint density at radius 3 is 2.48 bits per heavy atom. The van der Waals surface area contributed by atoms with Crippen molar-refractivity contribution in [3.8, 4) is 0 Å². The molecule has 1 aliphatic heterocycles. The van der Waals surface area contributed by atoms with E-state index >= 15 is 0 Å². The zero-order chi connectivity index (χ0) is 20.1. The number of hydrogen-bond acceptors (Lipinski definition) is 3. The highest BCUT2D eigenvalue weighted by Crippen LogP contribution is 2.28. The summed E-state index contributed by atoms with van der Waals surface area (Å²) in [6.07, 6.45) is 10.9. The van der Waals surface area contributed by atoms with E-state index in [1.54, 1.807) is 6.20 Å². The summed E-state index contributed by atoms with van der Waals surface area (Å²) in [5.74, 6) is 0.303. The van der Waals surface area contributed by atoms with E-state index < -0.39 is 0 Å². The second-order valence-corrected chi connectivity index (χ2v) is 8.26. The highest BCUT2D eigenvalue weighted by Gasteiger charge is 2.37. The Hall–Kier alpha value is -2.63. The first-order valence-corrected chi connectivity index (χ1v) is 10.8. The van der Waals surface area contributed by atoms with E-state index in [0.29, 0.717) is 6.54 Å². The summed E-state index contributed by atoms with van der Waals surface area (Å²) in [6.45, 7) is 1.94. The molecule has 0 bridgehead atoms. The average molecular weight is 395 g/mol. The predicted molar refractivity (Wildman–Crippen MR) is 111 cm³/mol. The number of nitrogens with zero attached hydrogens (tertiary/aromatic N) is 3. The predicted octanol–water partition coefficient (Wildman–Crippen LogP) is 3.12. The lowest BCUT2D eigenvalue weighted by Crippen LogP contribution is -2.47. The van der Waals surface area contributed by atoms with Crippen molar-refractivity contribution >= 4 is 11.8 Å². The molecule has 2 aromatic rings. The van der Waals surface area contributed by atoms with Crippen molar-refractivity contribution in [2.24, 2.45) is 5.92 Å². The molecule has 1 saturated heterocycles. The summed E-state index contributed by atoms with van der Waals surface area (Å²) in [5, 5.41) is 7.26. The van der Waals surface area contributed by atoms with Crippen LogP contribution >= 0.6 is 0 Å². The first-order valence-electron chi connectivity index (χ1n) is 10.8. The molecule has 0 radical (unpaired) electrons. The van der Waals surface area contributed by atoms with Gasteiger partial charge in [-0.25, -0.2) is 0 Å². The molecule has 2 amide bonds. The van der Waals surface area contributed by atoms with E-state index in [9.17, 15) is 9.59 Å². The van der Waals surface area contributed by atoms with Crippen LogP contribution in [0.2, 0.25) is 0 Å². The van der Waals surface area contributed by atoms with Crippen LogP contribution in [0.15, 0.2) is 42.7 Å². The third-order valence-electron chi connectivity index (χ3n) is 6.19. The van der Waals surface area contributed by atoms with Crippen molar-refractivity contribution in [3.05, 3.63) is 53.9 Å². The van der Waals surface area contributed by atoms with E-state index in [1.165, 1.54) is 12.0 Å². The van der Waals surface area contributed by atoms with Crippen molar-refractivity contribution in [1.29, 1.82) is 0 Å². The fourth-order valence-electron chi connectivity index (χ4n) is 4.54. The average Bonchev–Trinajstić information content (AvgIpc) is 3.45. The summed E-state index contributed by atoms with van der Waals surface area (Å²) >= 11 is 0. The van der Waals surface area contributed by atoms with E-state index in [-0.39, 0.29) is 23.8 Å². The third kappa shape index (κ3) is 4.86. The lowest BCUT2D eigenvalue weighted by Gasteiger charge is -2.30. The van der Waals surface area contributed by atoms with Gasteiger partial charge in [-0.1, -0.05) is 43.5 Å². The van der Waals surface area contributed by atoms with Crippen molar-refractivity contribution in [2.45, 2.75) is 64.1 Å². The minimum Gasteiger partial charge on any atom is -0.350 e. The Kier molecular flexibility index (Phi) is 6.27. The summed E-state index contributed by atoms with van der Waals surface area (Å²) in [6, 6.07) is 9.82. The summed E-state index contributed by atoms with van der Waals surface area (Å²) in [5.41, 5.74) is 2.23. The Balaban J connectivity index is 1.29. The normalized spacial score (nSPS) is 20.0. The maximum absolute atomic E-state index is 12.9. The standard InChI is InChI=1S/C23H30N4O2/c28-22(21-8-4-15-27(21)23(29)20-6-2-1-3-7-20)24-16-18-9-11-19(12-10-18)17-26-14-5-13-25-26/h5,9-14,20-21H,1-4,6-8,15-17H2,(H,24,28)/t21-/m0/s1. The molecular formula is C23H30N4O2. The van der Waals surface area contributed by atoms with Gasteiger partial charge in [0.05, 0.1) is 6.54 Å². The quantitative estimate of drug-likeness (QED) is 0.819. The lowest BCUT2D eigenvalue weighted by atomic mass is 9.88. The number of rotatable bonds is 6. The van der Waals surface area contributed by atoms with Crippen molar-refractivity contribution in [1.82, 2.24) is 20.0 Å². The molecule has 1 N–H and O–H groups in total. The van der Waals surface area contributed by atoms with E-state index in [2.05, 4.69) is 22.5 Å². The second-order valence-electron chi connectivity index (χ2n) is 8.26. The van der Waals surface area contributed by atoms with Gasteiger partial charge in [0.1, 0.15) is 6.04 Å². The third-order valence-corrected chi connectivity index (χ3v) is 6.19. The molecule has 6 nitrogen and oxygen atoms in total. The van der Waals surface area contributed by atoms with Crippen LogP contribution in [-0.4, -0.2) is 39.1 Å². The number of amides is 2. The molecule has 2 heterocycles. The Bertz CT molecular complexity index is 810. The maximum atomic E-state index is 12.9. The number of nitrogens with one attached hydrogen (secondary N) is 1. The zero-order valence-corrected chi connectivity index (χ0v) is 16.9. The molecule has 2 fully saturated rings. The fraction of sp³-hybridized carbons (Fsp3) is 0.522. The molecule has 2 aliphatic rings. The number of hydrogen-bond donors (Lipinski definition) is 1. The van der Waals surface area contributed by atoms with Gasteiger partial charge in [-0.15, -0.1) is 0 Å². The molecular weight excluding hydrogens is 364 g/mol. The molecule has 154 valence electrons. The van der Waals surface area contributed by atoms with Gasteiger partial charge in [0.2, 0.25) is 11.8 Å². The highest BCUT2D eigenvalue weighted by atomic mass is 16.2. The lowest BCUT2D eigenvalue weighted by molar-refractivity contribution is -0.142. The van der Waals surface area contributed by atoms with Gasteiger partial charge in [0.25, 0.3) is 0 Å². The monoisotopic (exact) mass is 394 g/mol. The highest BCUT2D eigenvalue weighted by molar-refractivity contribution is 5.89. The fourth-order valence-corrected chi connectivity index (χ4v) is 4.54. The first-order chi connectivity index (χ1) is 14.2. The molecule has 1 aliphatic carbocycles. The summed E-state index contributed by atoms with van der Waals surface area (Å²) < 4.78 is 1.88. The van der Waals surface area contributed by atoms with E-state index in [0.717, 1.165) is 57.2 Å². The van der Waals surface area contributed by atoms with Gasteiger partial charge in [-0.2, -0.15) is 5.10 Å². The molecule has 1 atom stereocenters. The van der Waals surface area contributed by atoms with Crippen LogP contribution in [-0.2, 0) is 22.7 Å². The van der Waals surface area contributed by atoms with Gasteiger partial charge in [-0.3, -0.25) is 14.3 Å². The number of likely N-dealkylation sites (tertiary alicyclic amines) is 1. The Labute approximate surface area is 172 Å². The maximum Gasteiger partial charge on any atom is 0.243 e. The van der Waals surface area contributed by atoms with Crippen LogP contribution in [0.4, 0.5) is 0 Å². The Morgan fingerprint density at radius 2 is 1.76 bits per heavy atom. The van der Waals surface area contributed by atoms with Gasteiger partial charge >= 0.3 is 0 Å². The van der Waals surface area contributed by atoms with Gasteiger partial charge in [0.15, 0.2) is 0 Å². The van der Waals surface area contributed by atoms with Gasteiger partial charge < -0.3 is 10.2 Å². The molecule has 0 unspecified atom stereocenters. The molecule has 0 spiro atoms. The number of aromatic nitrogens is 2. The van der Waals surface area contributed by atoms with Gasteiger partial charge in [0, 0.05) is 31.4 Å². The Morgan fingerprint density at radius 1 is 1.00 bits per heavy atom. The van der Waals surface area contributed by atoms with Crippen molar-refractivity contribution < 1.29 is 9.59 Å². The number of carbonyl (C=O) groups excluding carboxylic acids is 2. The smallest absolute Gasteiger partial charge is 0.243 e. The molecule has 1 aromatic carbocycles. The molecule has 1 aromatic heterocycles. The van der Waals surface area contributed by atoms with E-state index in [1.807, 2.05) is 34.0 Å². The molecule has 6 heteroatoms. The molecule has 4 rings (SSSR count). The summed E-state index contributed by atoms with van der Waals surface area (Å²) in [7, 11) is 0. The van der Waals surface area contributed by atoms with Crippen LogP contribution in [0, 0.1) is 5.92 Å². The van der Waals surface area contributed by atoms with Gasteiger partial charge in [-0.05, 0) is 42.9 Å². The van der Waals surface area contributed by atoms with Crippen molar-refractivity contribution in [2.75, 3.05) is 6.54 Å². The van der Waals surface area contributed by atoms with Crippen molar-refractivity contribution in [3.63, 3.8) is 0 Å². The SMILES string of the molecule is O=C(NCc1ccc(Cn2cccn2)cc1)[C@@H]1CCCN1C(=O)C1CCCCC1. The summed E-state index contributed by atoms with van der Waals surface area (Å²) in [4.78, 5) is 27.5. The largest absolute Gasteiger partial charge is 0.350 e. The van der Waals surface area contributed by atoms with Crippen LogP contribution in [0.5, 0.6) is 0 Å². The first kappa shape index (κ1) is 19.7. The molecule has 1 saturated carbocycles. The minimum atomic E-state index is -0.302. The van der Waals surface area contributed by atoms with Crippen LogP contribution < -0.4 is 5.32 Å². The van der Waals surface area contributed by atoms with Crippen LogP contribution in [0.3, 0.4) is 0 Å². The van der Waals surface area contributed by atoms with Crippen LogP contribution in [0.1, 0.15) is 56.1 Å².